The third-order valence-corrected chi connectivity index (χ3v) is 2.50. The van der Waals surface area contributed by atoms with Crippen molar-refractivity contribution in [3.8, 4) is 11.4 Å². The first-order valence-corrected chi connectivity index (χ1v) is 5.06. The van der Waals surface area contributed by atoms with Crippen LogP contribution in [0.25, 0.3) is 11.4 Å². The van der Waals surface area contributed by atoms with Crippen LogP contribution in [0, 0.1) is 11.6 Å². The summed E-state index contributed by atoms with van der Waals surface area (Å²) in [6, 6.07) is 3.31. The van der Waals surface area contributed by atoms with Gasteiger partial charge in [0.2, 0.25) is 0 Å². The van der Waals surface area contributed by atoms with Crippen molar-refractivity contribution in [2.75, 3.05) is 0 Å². The van der Waals surface area contributed by atoms with E-state index in [1.54, 1.807) is 11.6 Å². The van der Waals surface area contributed by atoms with Crippen molar-refractivity contribution in [2.24, 2.45) is 7.05 Å². The molecule has 3 nitrogen and oxygen atoms in total. The predicted molar refractivity (Wildman–Crippen MR) is 55.9 cm³/mol. The summed E-state index contributed by atoms with van der Waals surface area (Å²) in [6.07, 6.45) is 0. The first-order valence-electron chi connectivity index (χ1n) is 4.53. The highest BCUT2D eigenvalue weighted by Crippen LogP contribution is 2.22. The number of benzene rings is 1. The van der Waals surface area contributed by atoms with Crippen LogP contribution in [-0.2, 0) is 12.9 Å². The molecule has 1 aromatic heterocycles. The van der Waals surface area contributed by atoms with Gasteiger partial charge < -0.3 is 4.57 Å². The number of alkyl halides is 1. The number of hydrogen-bond acceptors (Lipinski definition) is 2. The van der Waals surface area contributed by atoms with E-state index >= 15 is 0 Å². The second-order valence-corrected chi connectivity index (χ2v) is 3.52. The highest BCUT2D eigenvalue weighted by molar-refractivity contribution is 6.16. The van der Waals surface area contributed by atoms with E-state index in [1.807, 2.05) is 0 Å². The molecule has 0 unspecified atom stereocenters. The Morgan fingerprint density at radius 1 is 1.31 bits per heavy atom. The minimum absolute atomic E-state index is 0.187. The third kappa shape index (κ3) is 1.78. The Morgan fingerprint density at radius 3 is 2.62 bits per heavy atom. The van der Waals surface area contributed by atoms with Crippen LogP contribution in [0.2, 0.25) is 0 Å². The number of nitrogens with zero attached hydrogens (tertiary/aromatic N) is 3. The van der Waals surface area contributed by atoms with Crippen molar-refractivity contribution in [3.05, 3.63) is 35.7 Å². The molecule has 0 aliphatic carbocycles. The Kier molecular flexibility index (Phi) is 2.87. The molecule has 2 rings (SSSR count). The summed E-state index contributed by atoms with van der Waals surface area (Å²) in [5.41, 5.74) is 0.202. The van der Waals surface area contributed by atoms with Gasteiger partial charge in [-0.2, -0.15) is 0 Å². The zero-order valence-corrected chi connectivity index (χ0v) is 9.17. The number of aromatic nitrogens is 3. The van der Waals surface area contributed by atoms with Crippen molar-refractivity contribution in [1.29, 1.82) is 0 Å². The Bertz CT molecular complexity index is 525. The summed E-state index contributed by atoms with van der Waals surface area (Å²) in [6.45, 7) is 0. The summed E-state index contributed by atoms with van der Waals surface area (Å²) in [5.74, 6) is -0.252. The molecule has 0 bridgehead atoms. The zero-order valence-electron chi connectivity index (χ0n) is 8.41. The molecule has 0 atom stereocenters. The van der Waals surface area contributed by atoms with E-state index in [-0.39, 0.29) is 11.4 Å². The minimum Gasteiger partial charge on any atom is -0.313 e. The number of halogens is 3. The molecule has 1 heterocycles. The summed E-state index contributed by atoms with van der Waals surface area (Å²) in [4.78, 5) is 0. The van der Waals surface area contributed by atoms with Crippen LogP contribution in [0.1, 0.15) is 5.82 Å². The SMILES string of the molecule is Cn1c(CCl)nnc1-c1ccc(F)cc1F. The molecule has 16 heavy (non-hydrogen) atoms. The van der Waals surface area contributed by atoms with E-state index in [9.17, 15) is 8.78 Å². The molecule has 0 saturated carbocycles. The van der Waals surface area contributed by atoms with Crippen LogP contribution in [0.4, 0.5) is 8.78 Å². The van der Waals surface area contributed by atoms with Crippen LogP contribution in [-0.4, -0.2) is 14.8 Å². The lowest BCUT2D eigenvalue weighted by Crippen LogP contribution is -1.98. The van der Waals surface area contributed by atoms with Gasteiger partial charge in [0.05, 0.1) is 11.4 Å². The standard InChI is InChI=1S/C10H8ClF2N3/c1-16-9(5-11)14-15-10(16)7-3-2-6(12)4-8(7)13/h2-4H,5H2,1H3. The topological polar surface area (TPSA) is 30.7 Å². The summed E-state index contributed by atoms with van der Waals surface area (Å²) >= 11 is 5.62. The maximum Gasteiger partial charge on any atom is 0.166 e. The lowest BCUT2D eigenvalue weighted by molar-refractivity contribution is 0.584. The van der Waals surface area contributed by atoms with Crippen LogP contribution in [0.3, 0.4) is 0 Å². The van der Waals surface area contributed by atoms with E-state index in [2.05, 4.69) is 10.2 Å². The lowest BCUT2D eigenvalue weighted by atomic mass is 10.2. The quantitative estimate of drug-likeness (QED) is 0.759. The summed E-state index contributed by atoms with van der Waals surface area (Å²) < 4.78 is 27.8. The van der Waals surface area contributed by atoms with Crippen molar-refractivity contribution in [3.63, 3.8) is 0 Å². The van der Waals surface area contributed by atoms with Gasteiger partial charge in [0.25, 0.3) is 0 Å². The molecule has 0 aliphatic heterocycles. The molecule has 0 fully saturated rings. The van der Waals surface area contributed by atoms with Gasteiger partial charge in [0.1, 0.15) is 17.5 Å². The second kappa shape index (κ2) is 4.17. The van der Waals surface area contributed by atoms with Crippen LogP contribution in [0.15, 0.2) is 18.2 Å². The van der Waals surface area contributed by atoms with Crippen molar-refractivity contribution in [1.82, 2.24) is 14.8 Å². The van der Waals surface area contributed by atoms with E-state index in [1.165, 1.54) is 12.1 Å². The van der Waals surface area contributed by atoms with Gasteiger partial charge in [-0.15, -0.1) is 21.8 Å². The van der Waals surface area contributed by atoms with Gasteiger partial charge in [-0.25, -0.2) is 8.78 Å². The highest BCUT2D eigenvalue weighted by Gasteiger charge is 2.14. The molecule has 2 aromatic rings. The van der Waals surface area contributed by atoms with E-state index in [0.717, 1.165) is 6.07 Å². The number of rotatable bonds is 2. The molecule has 0 spiro atoms. The Balaban J connectivity index is 2.54. The van der Waals surface area contributed by atoms with Gasteiger partial charge >= 0.3 is 0 Å². The fourth-order valence-corrected chi connectivity index (χ4v) is 1.62. The fourth-order valence-electron chi connectivity index (χ4n) is 1.38. The molecule has 6 heteroatoms. The molecule has 0 amide bonds. The van der Waals surface area contributed by atoms with Gasteiger partial charge in [-0.1, -0.05) is 0 Å². The lowest BCUT2D eigenvalue weighted by Gasteiger charge is -2.03. The maximum atomic E-state index is 13.5. The first-order chi connectivity index (χ1) is 7.63. The Hall–Kier alpha value is -1.49. The zero-order chi connectivity index (χ0) is 11.7. The number of hydrogen-bond donors (Lipinski definition) is 0. The van der Waals surface area contributed by atoms with Crippen LogP contribution < -0.4 is 0 Å². The Labute approximate surface area is 95.7 Å². The van der Waals surface area contributed by atoms with Crippen molar-refractivity contribution >= 4 is 11.6 Å². The van der Waals surface area contributed by atoms with Gasteiger partial charge in [0.15, 0.2) is 5.82 Å². The van der Waals surface area contributed by atoms with E-state index < -0.39 is 11.6 Å². The summed E-state index contributed by atoms with van der Waals surface area (Å²) in [5, 5.41) is 7.61. The average molecular weight is 244 g/mol. The van der Waals surface area contributed by atoms with E-state index in [0.29, 0.717) is 11.6 Å². The molecular weight excluding hydrogens is 236 g/mol. The van der Waals surface area contributed by atoms with Gasteiger partial charge in [-0.05, 0) is 12.1 Å². The smallest absolute Gasteiger partial charge is 0.166 e. The molecular formula is C10H8ClF2N3. The second-order valence-electron chi connectivity index (χ2n) is 3.26. The molecule has 84 valence electrons. The van der Waals surface area contributed by atoms with Gasteiger partial charge in [0, 0.05) is 13.1 Å². The Morgan fingerprint density at radius 2 is 2.06 bits per heavy atom. The van der Waals surface area contributed by atoms with Crippen LogP contribution >= 0.6 is 11.6 Å². The average Bonchev–Trinajstić information content (AvgIpc) is 2.60. The highest BCUT2D eigenvalue weighted by atomic mass is 35.5. The van der Waals surface area contributed by atoms with Crippen molar-refractivity contribution in [2.45, 2.75) is 5.88 Å². The predicted octanol–water partition coefficient (Wildman–Crippen LogP) is 2.50. The third-order valence-electron chi connectivity index (χ3n) is 2.26. The molecule has 0 radical (unpaired) electrons. The van der Waals surface area contributed by atoms with E-state index in [4.69, 9.17) is 11.6 Å². The molecule has 0 N–H and O–H groups in total. The minimum atomic E-state index is -0.670. The maximum absolute atomic E-state index is 13.5. The first kappa shape index (κ1) is 11.0. The molecule has 0 saturated heterocycles. The molecule has 1 aromatic carbocycles. The van der Waals surface area contributed by atoms with Gasteiger partial charge in [-0.3, -0.25) is 0 Å². The van der Waals surface area contributed by atoms with Crippen LogP contribution in [0.5, 0.6) is 0 Å². The fraction of sp³-hybridized carbons (Fsp3) is 0.200. The summed E-state index contributed by atoms with van der Waals surface area (Å²) in [7, 11) is 1.68. The van der Waals surface area contributed by atoms with Crippen molar-refractivity contribution < 1.29 is 8.78 Å². The molecule has 0 aliphatic rings. The largest absolute Gasteiger partial charge is 0.313 e. The monoisotopic (exact) mass is 243 g/mol. The normalized spacial score (nSPS) is 10.8.